The maximum atomic E-state index is 11.3. The Morgan fingerprint density at radius 2 is 2.38 bits per heavy atom. The molecule has 1 aromatic rings. The monoisotopic (exact) mass is 263 g/mol. The number of nitrogens with one attached hydrogen (secondary N) is 1. The van der Waals surface area contributed by atoms with Crippen LogP contribution in [0.4, 0.5) is 5.13 Å². The van der Waals surface area contributed by atoms with Gasteiger partial charge in [0.2, 0.25) is 5.91 Å². The number of aliphatic hydroxyl groups is 1. The van der Waals surface area contributed by atoms with Crippen LogP contribution in [0, 0.1) is 0 Å². The fourth-order valence-corrected chi connectivity index (χ4v) is 2.30. The lowest BCUT2D eigenvalue weighted by Crippen LogP contribution is -2.35. The molecule has 0 aromatic carbocycles. The van der Waals surface area contributed by atoms with Crippen molar-refractivity contribution in [1.82, 2.24) is 10.3 Å². The van der Waals surface area contributed by atoms with Crippen molar-refractivity contribution < 1.29 is 9.90 Å². The lowest BCUT2D eigenvalue weighted by atomic mass is 10.5. The third kappa shape index (κ3) is 3.07. The van der Waals surface area contributed by atoms with E-state index in [1.165, 1.54) is 11.3 Å². The maximum Gasteiger partial charge on any atom is 0.239 e. The minimum absolute atomic E-state index is 0.0845. The summed E-state index contributed by atoms with van der Waals surface area (Å²) in [5, 5.41) is 12.5. The van der Waals surface area contributed by atoms with E-state index in [9.17, 15) is 4.79 Å². The predicted octanol–water partition coefficient (Wildman–Crippen LogP) is 0.861. The zero-order valence-corrected chi connectivity index (χ0v) is 10.7. The Kier molecular flexibility index (Phi) is 4.98. The first-order valence-electron chi connectivity index (χ1n) is 4.84. The summed E-state index contributed by atoms with van der Waals surface area (Å²) < 4.78 is 0. The Morgan fingerprint density at radius 3 is 2.81 bits per heavy atom. The van der Waals surface area contributed by atoms with Gasteiger partial charge in [-0.15, -0.1) is 0 Å². The molecule has 0 unspecified atom stereocenters. The third-order valence-corrected chi connectivity index (χ3v) is 3.57. The number of nitrogens with zero attached hydrogens (tertiary/aromatic N) is 2. The van der Waals surface area contributed by atoms with Crippen molar-refractivity contribution in [2.45, 2.75) is 13.5 Å². The van der Waals surface area contributed by atoms with Gasteiger partial charge in [-0.1, -0.05) is 22.9 Å². The van der Waals surface area contributed by atoms with E-state index in [-0.39, 0.29) is 19.1 Å². The SMILES string of the molecule is CCN(CC(=O)NC)c1nc(Cl)c(CO)s1. The molecule has 0 aliphatic carbocycles. The number of rotatable bonds is 5. The third-order valence-electron chi connectivity index (χ3n) is 2.05. The summed E-state index contributed by atoms with van der Waals surface area (Å²) in [6.07, 6.45) is 0. The van der Waals surface area contributed by atoms with Crippen LogP contribution in [0.2, 0.25) is 5.15 Å². The number of carbonyl (C=O) groups is 1. The highest BCUT2D eigenvalue weighted by Gasteiger charge is 2.15. The molecule has 0 radical (unpaired) electrons. The Bertz CT molecular complexity index is 370. The molecule has 7 heteroatoms. The topological polar surface area (TPSA) is 65.5 Å². The molecule has 90 valence electrons. The normalized spacial score (nSPS) is 10.2. The molecule has 1 amide bonds. The van der Waals surface area contributed by atoms with Crippen molar-refractivity contribution in [1.29, 1.82) is 0 Å². The minimum Gasteiger partial charge on any atom is -0.391 e. The molecule has 1 heterocycles. The average Bonchev–Trinajstić information content (AvgIpc) is 2.66. The number of aliphatic hydroxyl groups excluding tert-OH is 1. The first-order chi connectivity index (χ1) is 7.62. The summed E-state index contributed by atoms with van der Waals surface area (Å²) in [7, 11) is 1.59. The van der Waals surface area contributed by atoms with E-state index in [2.05, 4.69) is 10.3 Å². The first-order valence-corrected chi connectivity index (χ1v) is 6.03. The molecule has 1 rings (SSSR count). The standard InChI is InChI=1S/C9H14ClN3O2S/c1-3-13(4-7(15)11-2)9-12-8(10)6(5-14)16-9/h14H,3-5H2,1-2H3,(H,11,15). The van der Waals surface area contributed by atoms with Gasteiger partial charge in [0.1, 0.15) is 5.15 Å². The molecule has 0 bridgehead atoms. The van der Waals surface area contributed by atoms with E-state index in [4.69, 9.17) is 16.7 Å². The van der Waals surface area contributed by atoms with Crippen LogP contribution >= 0.6 is 22.9 Å². The summed E-state index contributed by atoms with van der Waals surface area (Å²) in [5.41, 5.74) is 0. The zero-order valence-electron chi connectivity index (χ0n) is 9.16. The Balaban J connectivity index is 2.82. The molecule has 1 aromatic heterocycles. The highest BCUT2D eigenvalue weighted by atomic mass is 35.5. The van der Waals surface area contributed by atoms with Gasteiger partial charge in [-0.3, -0.25) is 4.79 Å². The molecule has 5 nitrogen and oxygen atoms in total. The van der Waals surface area contributed by atoms with Gasteiger partial charge in [-0.05, 0) is 6.92 Å². The van der Waals surface area contributed by atoms with Gasteiger partial charge in [-0.25, -0.2) is 4.98 Å². The second kappa shape index (κ2) is 6.03. The molecule has 0 spiro atoms. The average molecular weight is 264 g/mol. The number of hydrogen-bond acceptors (Lipinski definition) is 5. The lowest BCUT2D eigenvalue weighted by Gasteiger charge is -2.18. The number of hydrogen-bond donors (Lipinski definition) is 2. The van der Waals surface area contributed by atoms with Gasteiger partial charge in [0.15, 0.2) is 5.13 Å². The quantitative estimate of drug-likeness (QED) is 0.827. The van der Waals surface area contributed by atoms with Gasteiger partial charge < -0.3 is 15.3 Å². The van der Waals surface area contributed by atoms with Crippen LogP contribution in [0.1, 0.15) is 11.8 Å². The molecule has 0 atom stereocenters. The molecule has 0 aliphatic rings. The molecule has 0 aliphatic heterocycles. The number of carbonyl (C=O) groups excluding carboxylic acids is 1. The highest BCUT2D eigenvalue weighted by Crippen LogP contribution is 2.29. The van der Waals surface area contributed by atoms with Crippen LogP contribution < -0.4 is 10.2 Å². The molecule has 0 saturated heterocycles. The van der Waals surface area contributed by atoms with Gasteiger partial charge >= 0.3 is 0 Å². The summed E-state index contributed by atoms with van der Waals surface area (Å²) in [5.74, 6) is -0.0845. The second-order valence-corrected chi connectivity index (χ2v) is 4.48. The Morgan fingerprint density at radius 1 is 1.69 bits per heavy atom. The molecular formula is C9H14ClN3O2S. The number of amides is 1. The van der Waals surface area contributed by atoms with E-state index in [1.807, 2.05) is 6.92 Å². The maximum absolute atomic E-state index is 11.3. The number of halogens is 1. The van der Waals surface area contributed by atoms with E-state index in [0.717, 1.165) is 0 Å². The number of thiazole rings is 1. The van der Waals surface area contributed by atoms with Gasteiger partial charge in [0.25, 0.3) is 0 Å². The number of anilines is 1. The summed E-state index contributed by atoms with van der Waals surface area (Å²) >= 11 is 7.13. The van der Waals surface area contributed by atoms with E-state index in [1.54, 1.807) is 11.9 Å². The zero-order chi connectivity index (χ0) is 12.1. The van der Waals surface area contributed by atoms with Crippen molar-refractivity contribution in [3.63, 3.8) is 0 Å². The fourth-order valence-electron chi connectivity index (χ4n) is 1.12. The van der Waals surface area contributed by atoms with E-state index >= 15 is 0 Å². The Labute approximate surface area is 103 Å². The van der Waals surface area contributed by atoms with Crippen LogP contribution in [0.25, 0.3) is 0 Å². The van der Waals surface area contributed by atoms with Crippen LogP contribution in [0.3, 0.4) is 0 Å². The van der Waals surface area contributed by atoms with Crippen molar-refractivity contribution in [2.75, 3.05) is 25.0 Å². The van der Waals surface area contributed by atoms with Crippen LogP contribution in [0.15, 0.2) is 0 Å². The lowest BCUT2D eigenvalue weighted by molar-refractivity contribution is -0.119. The van der Waals surface area contributed by atoms with Gasteiger partial charge in [0, 0.05) is 13.6 Å². The molecule has 2 N–H and O–H groups in total. The van der Waals surface area contributed by atoms with Crippen molar-refractivity contribution in [2.24, 2.45) is 0 Å². The molecule has 0 saturated carbocycles. The van der Waals surface area contributed by atoms with Crippen LogP contribution in [0.5, 0.6) is 0 Å². The van der Waals surface area contributed by atoms with Gasteiger partial charge in [0.05, 0.1) is 18.0 Å². The van der Waals surface area contributed by atoms with E-state index < -0.39 is 0 Å². The van der Waals surface area contributed by atoms with Crippen molar-refractivity contribution in [3.8, 4) is 0 Å². The fraction of sp³-hybridized carbons (Fsp3) is 0.556. The molecular weight excluding hydrogens is 250 g/mol. The van der Waals surface area contributed by atoms with E-state index in [0.29, 0.717) is 21.7 Å². The van der Waals surface area contributed by atoms with Crippen LogP contribution in [-0.4, -0.2) is 36.1 Å². The van der Waals surface area contributed by atoms with Gasteiger partial charge in [-0.2, -0.15) is 0 Å². The molecule has 0 fully saturated rings. The first kappa shape index (κ1) is 13.2. The number of likely N-dealkylation sites (N-methyl/N-ethyl adjacent to an activating group) is 2. The van der Waals surface area contributed by atoms with Crippen molar-refractivity contribution >= 4 is 34.0 Å². The predicted molar refractivity (Wildman–Crippen MR) is 65.0 cm³/mol. The van der Waals surface area contributed by atoms with Crippen molar-refractivity contribution in [3.05, 3.63) is 10.0 Å². The smallest absolute Gasteiger partial charge is 0.239 e. The number of aromatic nitrogens is 1. The summed E-state index contributed by atoms with van der Waals surface area (Å²) in [6.45, 7) is 2.69. The summed E-state index contributed by atoms with van der Waals surface area (Å²) in [6, 6.07) is 0. The van der Waals surface area contributed by atoms with Crippen LogP contribution in [-0.2, 0) is 11.4 Å². The second-order valence-electron chi connectivity index (χ2n) is 3.06. The Hall–Kier alpha value is -0.850. The molecule has 16 heavy (non-hydrogen) atoms. The highest BCUT2D eigenvalue weighted by molar-refractivity contribution is 7.16. The summed E-state index contributed by atoms with van der Waals surface area (Å²) in [4.78, 5) is 17.8. The largest absolute Gasteiger partial charge is 0.391 e. The minimum atomic E-state index is -0.131.